The van der Waals surface area contributed by atoms with Gasteiger partial charge in [0.1, 0.15) is 0 Å². The Labute approximate surface area is 123 Å². The van der Waals surface area contributed by atoms with Gasteiger partial charge in [-0.2, -0.15) is 0 Å². The molecule has 2 rings (SSSR count). The summed E-state index contributed by atoms with van der Waals surface area (Å²) in [5, 5.41) is 3.38. The van der Waals surface area contributed by atoms with Gasteiger partial charge in [0, 0.05) is 18.2 Å². The van der Waals surface area contributed by atoms with Crippen LogP contribution in [0.4, 0.5) is 5.69 Å². The molecule has 0 bridgehead atoms. The fraction of sp³-hybridized carbons (Fsp3) is 0.500. The molecule has 1 unspecified atom stereocenters. The zero-order chi connectivity index (χ0) is 14.4. The van der Waals surface area contributed by atoms with Crippen molar-refractivity contribution in [3.05, 3.63) is 28.8 Å². The minimum absolute atomic E-state index is 0.184. The van der Waals surface area contributed by atoms with Crippen molar-refractivity contribution in [2.45, 2.75) is 31.8 Å². The Balaban J connectivity index is 1.86. The van der Waals surface area contributed by atoms with Gasteiger partial charge < -0.3 is 15.5 Å². The first-order valence-electron chi connectivity index (χ1n) is 6.86. The van der Waals surface area contributed by atoms with Gasteiger partial charge in [0.15, 0.2) is 0 Å². The van der Waals surface area contributed by atoms with Crippen LogP contribution < -0.4 is 16.6 Å². The fourth-order valence-corrected chi connectivity index (χ4v) is 2.48. The summed E-state index contributed by atoms with van der Waals surface area (Å²) in [5.41, 5.74) is 3.50. The number of carbonyl (C=O) groups excluding carboxylic acids is 1. The lowest BCUT2D eigenvalue weighted by Gasteiger charge is -2.22. The summed E-state index contributed by atoms with van der Waals surface area (Å²) < 4.78 is 5.62. The van der Waals surface area contributed by atoms with Gasteiger partial charge in [-0.1, -0.05) is 11.6 Å². The highest BCUT2D eigenvalue weighted by atomic mass is 35.5. The molecule has 20 heavy (non-hydrogen) atoms. The van der Waals surface area contributed by atoms with Crippen molar-refractivity contribution < 1.29 is 9.53 Å². The van der Waals surface area contributed by atoms with Crippen molar-refractivity contribution in [3.8, 4) is 0 Å². The molecule has 1 aromatic carbocycles. The molecule has 5 nitrogen and oxygen atoms in total. The van der Waals surface area contributed by atoms with E-state index in [2.05, 4.69) is 10.7 Å². The molecule has 0 saturated carbocycles. The summed E-state index contributed by atoms with van der Waals surface area (Å²) in [4.78, 5) is 12.1. The van der Waals surface area contributed by atoms with Gasteiger partial charge in [0.05, 0.1) is 17.4 Å². The first-order chi connectivity index (χ1) is 9.70. The maximum absolute atomic E-state index is 12.1. The van der Waals surface area contributed by atoms with Gasteiger partial charge in [-0.25, -0.2) is 0 Å². The number of rotatable bonds is 5. The van der Waals surface area contributed by atoms with Gasteiger partial charge >= 0.3 is 0 Å². The number of amides is 1. The first-order valence-corrected chi connectivity index (χ1v) is 7.24. The summed E-state index contributed by atoms with van der Waals surface area (Å²) in [6.07, 6.45) is 4.50. The quantitative estimate of drug-likeness (QED) is 0.576. The van der Waals surface area contributed by atoms with E-state index in [1.165, 1.54) is 6.42 Å². The van der Waals surface area contributed by atoms with E-state index in [1.807, 2.05) is 0 Å². The number of hydrazine groups is 1. The zero-order valence-electron chi connectivity index (χ0n) is 11.3. The smallest absolute Gasteiger partial charge is 0.253 e. The second-order valence-electron chi connectivity index (χ2n) is 4.87. The minimum atomic E-state index is -0.184. The normalized spacial score (nSPS) is 18.6. The number of ether oxygens (including phenoxy) is 1. The van der Waals surface area contributed by atoms with Crippen LogP contribution in [0.25, 0.3) is 0 Å². The number of hydrogen-bond acceptors (Lipinski definition) is 4. The molecule has 0 aromatic heterocycles. The second-order valence-corrected chi connectivity index (χ2v) is 5.30. The molecule has 1 fully saturated rings. The molecule has 1 saturated heterocycles. The lowest BCUT2D eigenvalue weighted by Crippen LogP contribution is -2.30. The van der Waals surface area contributed by atoms with E-state index in [4.69, 9.17) is 22.2 Å². The summed E-state index contributed by atoms with van der Waals surface area (Å²) >= 11 is 5.91. The number of anilines is 1. The van der Waals surface area contributed by atoms with E-state index in [9.17, 15) is 4.79 Å². The van der Waals surface area contributed by atoms with Crippen LogP contribution in [0.5, 0.6) is 0 Å². The van der Waals surface area contributed by atoms with Gasteiger partial charge in [0.2, 0.25) is 0 Å². The Kier molecular flexibility index (Phi) is 5.64. The molecule has 1 aliphatic rings. The van der Waals surface area contributed by atoms with Crippen LogP contribution in [0.2, 0.25) is 5.02 Å². The SMILES string of the molecule is NNc1ccc(Cl)cc1C(=O)NCCC1CCCCO1. The Morgan fingerprint density at radius 1 is 1.45 bits per heavy atom. The molecule has 1 aliphatic heterocycles. The first kappa shape index (κ1) is 15.1. The standard InChI is InChI=1S/C14H20ClN3O2/c15-10-4-5-13(18-16)12(9-10)14(19)17-7-6-11-3-1-2-8-20-11/h4-5,9,11,18H,1-3,6-8,16H2,(H,17,19). The third kappa shape index (κ3) is 4.10. The van der Waals surface area contributed by atoms with Crippen LogP contribution in [0.1, 0.15) is 36.0 Å². The predicted molar refractivity (Wildman–Crippen MR) is 79.8 cm³/mol. The third-order valence-corrected chi connectivity index (χ3v) is 3.64. The molecule has 1 amide bonds. The molecule has 0 radical (unpaired) electrons. The number of nitrogen functional groups attached to an aromatic ring is 1. The average Bonchev–Trinajstić information content (AvgIpc) is 2.48. The molecular formula is C14H20ClN3O2. The van der Waals surface area contributed by atoms with Gasteiger partial charge in [-0.15, -0.1) is 0 Å². The molecule has 0 aliphatic carbocycles. The van der Waals surface area contributed by atoms with Crippen molar-refractivity contribution in [3.63, 3.8) is 0 Å². The predicted octanol–water partition coefficient (Wildman–Crippen LogP) is 2.31. The van der Waals surface area contributed by atoms with E-state index in [-0.39, 0.29) is 12.0 Å². The summed E-state index contributed by atoms with van der Waals surface area (Å²) in [5.74, 6) is 5.21. The monoisotopic (exact) mass is 297 g/mol. The number of halogens is 1. The molecule has 1 atom stereocenters. The molecule has 1 aromatic rings. The van der Waals surface area contributed by atoms with E-state index < -0.39 is 0 Å². The van der Waals surface area contributed by atoms with Crippen LogP contribution >= 0.6 is 11.6 Å². The number of nitrogens with one attached hydrogen (secondary N) is 2. The Morgan fingerprint density at radius 2 is 2.30 bits per heavy atom. The average molecular weight is 298 g/mol. The van der Waals surface area contributed by atoms with E-state index in [1.54, 1.807) is 18.2 Å². The maximum atomic E-state index is 12.1. The largest absolute Gasteiger partial charge is 0.378 e. The van der Waals surface area contributed by atoms with Crippen LogP contribution in [-0.4, -0.2) is 25.2 Å². The molecule has 6 heteroatoms. The van der Waals surface area contributed by atoms with Gasteiger partial charge in [0.25, 0.3) is 5.91 Å². The lowest BCUT2D eigenvalue weighted by atomic mass is 10.1. The number of benzene rings is 1. The number of nitrogens with two attached hydrogens (primary N) is 1. The van der Waals surface area contributed by atoms with Crippen molar-refractivity contribution in [1.29, 1.82) is 0 Å². The molecule has 0 spiro atoms. The molecule has 4 N–H and O–H groups in total. The topological polar surface area (TPSA) is 76.4 Å². The Hall–Kier alpha value is -1.30. The maximum Gasteiger partial charge on any atom is 0.253 e. The fourth-order valence-electron chi connectivity index (χ4n) is 2.31. The third-order valence-electron chi connectivity index (χ3n) is 3.41. The van der Waals surface area contributed by atoms with Gasteiger partial charge in [-0.3, -0.25) is 10.6 Å². The highest BCUT2D eigenvalue weighted by molar-refractivity contribution is 6.31. The Bertz CT molecular complexity index is 462. The second kappa shape index (κ2) is 7.47. The molecule has 110 valence electrons. The van der Waals surface area contributed by atoms with Crippen LogP contribution in [0, 0.1) is 0 Å². The van der Waals surface area contributed by atoms with Crippen molar-refractivity contribution in [1.82, 2.24) is 5.32 Å². The van der Waals surface area contributed by atoms with E-state index in [0.717, 1.165) is 25.9 Å². The molecule has 1 heterocycles. The van der Waals surface area contributed by atoms with E-state index >= 15 is 0 Å². The van der Waals surface area contributed by atoms with E-state index in [0.29, 0.717) is 22.8 Å². The van der Waals surface area contributed by atoms with Crippen LogP contribution in [-0.2, 0) is 4.74 Å². The van der Waals surface area contributed by atoms with Crippen molar-refractivity contribution in [2.75, 3.05) is 18.6 Å². The highest BCUT2D eigenvalue weighted by Gasteiger charge is 2.15. The van der Waals surface area contributed by atoms with Crippen molar-refractivity contribution in [2.24, 2.45) is 5.84 Å². The number of carbonyl (C=O) groups is 1. The van der Waals surface area contributed by atoms with Gasteiger partial charge in [-0.05, 0) is 43.9 Å². The minimum Gasteiger partial charge on any atom is -0.378 e. The zero-order valence-corrected chi connectivity index (χ0v) is 12.1. The highest BCUT2D eigenvalue weighted by Crippen LogP contribution is 2.20. The summed E-state index contributed by atoms with van der Waals surface area (Å²) in [6, 6.07) is 4.97. The van der Waals surface area contributed by atoms with Crippen molar-refractivity contribution >= 4 is 23.2 Å². The summed E-state index contributed by atoms with van der Waals surface area (Å²) in [6.45, 7) is 1.41. The lowest BCUT2D eigenvalue weighted by molar-refractivity contribution is 0.0117. The summed E-state index contributed by atoms with van der Waals surface area (Å²) in [7, 11) is 0. The number of hydrogen-bond donors (Lipinski definition) is 3. The van der Waals surface area contributed by atoms with Crippen LogP contribution in [0.3, 0.4) is 0 Å². The molecular weight excluding hydrogens is 278 g/mol. The Morgan fingerprint density at radius 3 is 3.00 bits per heavy atom. The van der Waals surface area contributed by atoms with Crippen LogP contribution in [0.15, 0.2) is 18.2 Å².